The smallest absolute Gasteiger partial charge is 0.330 e. The average Bonchev–Trinajstić information content (AvgIpc) is 3.36. The lowest BCUT2D eigenvalue weighted by Crippen LogP contribution is -2.55. The predicted molar refractivity (Wildman–Crippen MR) is 224 cm³/mol. The lowest BCUT2D eigenvalue weighted by atomic mass is 10.0. The molecular weight excluding hydrogens is 733 g/mol. The zero-order chi connectivity index (χ0) is 40.7. The van der Waals surface area contributed by atoms with E-state index in [1.165, 1.54) is 10.8 Å². The van der Waals surface area contributed by atoms with Crippen molar-refractivity contribution in [1.29, 1.82) is 0 Å². The number of H-pyrrole nitrogens is 1. The topological polar surface area (TPSA) is 121 Å². The van der Waals surface area contributed by atoms with Crippen LogP contribution in [0.2, 0.25) is 54.4 Å². The molecule has 1 aromatic heterocycles. The van der Waals surface area contributed by atoms with Crippen LogP contribution in [-0.4, -0.2) is 64.5 Å². The van der Waals surface area contributed by atoms with Gasteiger partial charge in [0.1, 0.15) is 36.8 Å². The Hall–Kier alpha value is -2.63. The van der Waals surface area contributed by atoms with Gasteiger partial charge in [-0.05, 0) is 77.7 Å². The molecule has 0 spiro atoms. The Kier molecular flexibility index (Phi) is 13.1. The molecule has 2 heterocycles. The van der Waals surface area contributed by atoms with Crippen molar-refractivity contribution >= 4 is 25.0 Å². The molecule has 2 aromatic carbocycles. The maximum atomic E-state index is 13.8. The van der Waals surface area contributed by atoms with Crippen LogP contribution in [0, 0.1) is 0 Å². The van der Waals surface area contributed by atoms with E-state index in [2.05, 4.69) is 107 Å². The molecule has 0 radical (unpaired) electrons. The zero-order valence-corrected chi connectivity index (χ0v) is 38.3. The Bertz CT molecular complexity index is 1820. The van der Waals surface area contributed by atoms with E-state index in [1.54, 1.807) is 24.3 Å². The second-order valence-corrected chi connectivity index (χ2v) is 33.6. The Morgan fingerprint density at radius 3 is 1.80 bits per heavy atom. The highest BCUT2D eigenvalue weighted by molar-refractivity contribution is 6.75. The van der Waals surface area contributed by atoms with Gasteiger partial charge in [0.2, 0.25) is 0 Å². The first kappa shape index (κ1) is 44.1. The molecule has 1 aliphatic heterocycles. The molecule has 1 unspecified atom stereocenters. The minimum atomic E-state index is -2.50. The number of nitrogens with zero attached hydrogens (tertiary/aromatic N) is 1. The summed E-state index contributed by atoms with van der Waals surface area (Å²) >= 11 is 0. The fraction of sp³-hybridized carbons (Fsp3) is 0.610. The van der Waals surface area contributed by atoms with Crippen molar-refractivity contribution in [3.05, 3.63) is 98.3 Å². The summed E-state index contributed by atoms with van der Waals surface area (Å²) in [5, 5.41) is 11.3. The van der Waals surface area contributed by atoms with E-state index in [0.29, 0.717) is 17.9 Å². The molecule has 0 amide bonds. The first-order chi connectivity index (χ1) is 24.6. The van der Waals surface area contributed by atoms with E-state index in [0.717, 1.165) is 5.56 Å². The van der Waals surface area contributed by atoms with Crippen LogP contribution < -0.4 is 16.0 Å². The molecule has 3 aromatic rings. The van der Waals surface area contributed by atoms with Gasteiger partial charge in [-0.15, -0.1) is 0 Å². The van der Waals surface area contributed by atoms with Crippen molar-refractivity contribution in [3.8, 4) is 5.75 Å². The Morgan fingerprint density at radius 1 is 0.759 bits per heavy atom. The fourth-order valence-corrected chi connectivity index (χ4v) is 9.04. The lowest BCUT2D eigenvalue weighted by Gasteiger charge is -2.44. The number of aromatic amines is 1. The number of rotatable bonds is 13. The zero-order valence-electron chi connectivity index (χ0n) is 35.3. The molecule has 5 atom stereocenters. The number of hydrogen-bond acceptors (Lipinski definition) is 8. The number of hydrogen-bond donors (Lipinski definition) is 2. The first-order valence-corrected chi connectivity index (χ1v) is 27.8. The molecule has 54 heavy (non-hydrogen) atoms. The third-order valence-electron chi connectivity index (χ3n) is 12.2. The molecule has 1 saturated heterocycles. The van der Waals surface area contributed by atoms with Gasteiger partial charge in [-0.1, -0.05) is 105 Å². The number of ether oxygens (including phenoxy) is 2. The van der Waals surface area contributed by atoms with Gasteiger partial charge < -0.3 is 27.9 Å². The van der Waals surface area contributed by atoms with Crippen LogP contribution in [0.1, 0.15) is 91.3 Å². The first-order valence-electron chi connectivity index (χ1n) is 19.1. The van der Waals surface area contributed by atoms with Gasteiger partial charge >= 0.3 is 5.69 Å². The van der Waals surface area contributed by atoms with Crippen molar-refractivity contribution in [2.24, 2.45) is 0 Å². The van der Waals surface area contributed by atoms with Gasteiger partial charge in [-0.2, -0.15) is 0 Å². The van der Waals surface area contributed by atoms with Gasteiger partial charge in [0.05, 0.1) is 12.2 Å². The summed E-state index contributed by atoms with van der Waals surface area (Å²) in [6.45, 7) is 33.5. The van der Waals surface area contributed by atoms with Crippen LogP contribution in [0.15, 0.2) is 70.4 Å². The molecule has 13 heteroatoms. The summed E-state index contributed by atoms with van der Waals surface area (Å²) < 4.78 is 35.4. The maximum absolute atomic E-state index is 13.8. The van der Waals surface area contributed by atoms with Gasteiger partial charge in [0, 0.05) is 6.20 Å². The van der Waals surface area contributed by atoms with E-state index in [4.69, 9.17) is 22.8 Å². The minimum absolute atomic E-state index is 0.00469. The van der Waals surface area contributed by atoms with E-state index in [-0.39, 0.29) is 27.3 Å². The van der Waals surface area contributed by atoms with Crippen LogP contribution in [0.3, 0.4) is 0 Å². The molecular formula is C41H66N2O8Si3. The molecule has 0 bridgehead atoms. The van der Waals surface area contributed by atoms with Crippen LogP contribution in [0.5, 0.6) is 5.75 Å². The maximum Gasteiger partial charge on any atom is 0.330 e. The van der Waals surface area contributed by atoms with Gasteiger partial charge in [-0.25, -0.2) is 4.79 Å². The quantitative estimate of drug-likeness (QED) is 0.165. The molecule has 1 aliphatic rings. The fourth-order valence-electron chi connectivity index (χ4n) is 5.43. The second-order valence-electron chi connectivity index (χ2n) is 19.3. The van der Waals surface area contributed by atoms with E-state index in [1.807, 2.05) is 30.3 Å². The van der Waals surface area contributed by atoms with Crippen LogP contribution in [0.4, 0.5) is 0 Å². The highest BCUT2D eigenvalue weighted by Gasteiger charge is 2.55. The van der Waals surface area contributed by atoms with E-state index in [9.17, 15) is 14.7 Å². The highest BCUT2D eigenvalue weighted by Crippen LogP contribution is 2.46. The number of aliphatic hydroxyl groups is 1. The van der Waals surface area contributed by atoms with Crippen molar-refractivity contribution in [2.45, 2.75) is 154 Å². The summed E-state index contributed by atoms with van der Waals surface area (Å²) in [6, 6.07) is 16.8. The summed E-state index contributed by atoms with van der Waals surface area (Å²) in [5.41, 5.74) is 0.168. The summed E-state index contributed by atoms with van der Waals surface area (Å²) in [4.78, 5) is 29.6. The number of aromatic nitrogens is 2. The van der Waals surface area contributed by atoms with Gasteiger partial charge in [-0.3, -0.25) is 14.3 Å². The van der Waals surface area contributed by atoms with E-state index >= 15 is 0 Å². The Labute approximate surface area is 326 Å². The monoisotopic (exact) mass is 798 g/mol. The van der Waals surface area contributed by atoms with Gasteiger partial charge in [0.25, 0.3) is 5.56 Å². The molecule has 300 valence electrons. The third kappa shape index (κ3) is 10.0. The Balaban J connectivity index is 1.77. The highest BCUT2D eigenvalue weighted by atomic mass is 28.4. The molecule has 2 N–H and O–H groups in total. The normalized spacial score (nSPS) is 21.0. The van der Waals surface area contributed by atoms with Gasteiger partial charge in [0.15, 0.2) is 31.2 Å². The van der Waals surface area contributed by atoms with Crippen LogP contribution >= 0.6 is 0 Å². The molecule has 1 fully saturated rings. The average molecular weight is 799 g/mol. The van der Waals surface area contributed by atoms with Crippen molar-refractivity contribution < 1.29 is 27.9 Å². The summed E-state index contributed by atoms with van der Waals surface area (Å²) in [7, 11) is -7.15. The standard InChI is InChI=1S/C41H66N2O8Si3/c1-39(2,3)52(10,11)48-27-32-34(50-53(12,13)40(4,5)6)35(51-54(14,15)41(7,8)9)37(49-32)43-25-31(36(45)42-38(43)46)33(44)29-21-23-30(24-22-29)47-26-28-19-17-16-18-20-28/h16-25,32-35,37,44H,26-27H2,1-15H3,(H,42,45,46)/t32-,33?,34-,35-,37-/m1/s1. The molecule has 0 aliphatic carbocycles. The summed E-state index contributed by atoms with van der Waals surface area (Å²) in [5.74, 6) is 0.623. The molecule has 4 rings (SSSR count). The predicted octanol–water partition coefficient (Wildman–Crippen LogP) is 8.90. The van der Waals surface area contributed by atoms with Crippen molar-refractivity contribution in [1.82, 2.24) is 9.55 Å². The van der Waals surface area contributed by atoms with E-state index < -0.39 is 66.8 Å². The Morgan fingerprint density at radius 2 is 1.28 bits per heavy atom. The van der Waals surface area contributed by atoms with Crippen LogP contribution in [-0.2, 0) is 24.6 Å². The number of benzene rings is 2. The SMILES string of the molecule is CC(C)(C)[Si](C)(C)OC[C@H]1O[C@@H](n2cc(C(O)c3ccc(OCc4ccccc4)cc3)c(=O)[nH]c2=O)[C@H](O[Si](C)(C)C(C)(C)C)[C@@H]1O[Si](C)(C)C(C)(C)C. The van der Waals surface area contributed by atoms with Crippen molar-refractivity contribution in [2.75, 3.05) is 6.61 Å². The second kappa shape index (κ2) is 16.1. The molecule has 0 saturated carbocycles. The largest absolute Gasteiger partial charge is 0.489 e. The van der Waals surface area contributed by atoms with Crippen LogP contribution in [0.25, 0.3) is 0 Å². The molecule has 10 nitrogen and oxygen atoms in total. The number of nitrogens with one attached hydrogen (secondary N) is 1. The van der Waals surface area contributed by atoms with Crippen molar-refractivity contribution in [3.63, 3.8) is 0 Å². The minimum Gasteiger partial charge on any atom is -0.489 e. The summed E-state index contributed by atoms with van der Waals surface area (Å²) in [6.07, 6.45) is -2.72. The number of aliphatic hydroxyl groups excluding tert-OH is 1. The lowest BCUT2D eigenvalue weighted by molar-refractivity contribution is -0.0513. The third-order valence-corrected chi connectivity index (χ3v) is 25.6.